The van der Waals surface area contributed by atoms with E-state index in [1.54, 1.807) is 13.8 Å². The first kappa shape index (κ1) is 16.2. The first-order valence-corrected chi connectivity index (χ1v) is 8.55. The van der Waals surface area contributed by atoms with Crippen LogP contribution in [-0.2, 0) is 22.8 Å². The van der Waals surface area contributed by atoms with E-state index in [1.807, 2.05) is 30.9 Å². The second-order valence-corrected chi connectivity index (χ2v) is 7.99. The van der Waals surface area contributed by atoms with Gasteiger partial charge in [-0.2, -0.15) is 5.10 Å². The number of nitrogens with zero attached hydrogens (tertiary/aromatic N) is 2. The average Bonchev–Trinajstić information content (AvgIpc) is 2.74. The van der Waals surface area contributed by atoms with Crippen molar-refractivity contribution in [3.63, 3.8) is 0 Å². The van der Waals surface area contributed by atoms with Gasteiger partial charge in [0.1, 0.15) is 0 Å². The molecule has 19 heavy (non-hydrogen) atoms. The Balaban J connectivity index is 2.95. The predicted molar refractivity (Wildman–Crippen MR) is 78.0 cm³/mol. The van der Waals surface area contributed by atoms with Crippen LogP contribution in [0.15, 0.2) is 12.4 Å². The molecular weight excluding hydrogens is 262 g/mol. The molecular formula is C13H25N3O2S. The van der Waals surface area contributed by atoms with E-state index in [0.29, 0.717) is 6.42 Å². The van der Waals surface area contributed by atoms with Crippen molar-refractivity contribution < 1.29 is 8.42 Å². The highest BCUT2D eigenvalue weighted by Crippen LogP contribution is 2.23. The number of hydrogen-bond acceptors (Lipinski definition) is 4. The summed E-state index contributed by atoms with van der Waals surface area (Å²) in [6.07, 6.45) is 5.75. The van der Waals surface area contributed by atoms with Crippen molar-refractivity contribution >= 4 is 9.84 Å². The largest absolute Gasteiger partial charge is 0.312 e. The molecule has 0 spiro atoms. The predicted octanol–water partition coefficient (Wildman–Crippen LogP) is 1.25. The van der Waals surface area contributed by atoms with E-state index in [4.69, 9.17) is 0 Å². The van der Waals surface area contributed by atoms with E-state index in [0.717, 1.165) is 18.7 Å². The topological polar surface area (TPSA) is 64.0 Å². The summed E-state index contributed by atoms with van der Waals surface area (Å²) in [5.74, 6) is 0. The first-order chi connectivity index (χ1) is 8.72. The summed E-state index contributed by atoms with van der Waals surface area (Å²) in [6, 6.07) is -0.123. The van der Waals surface area contributed by atoms with Crippen molar-refractivity contribution in [2.24, 2.45) is 0 Å². The molecule has 0 aliphatic carbocycles. The summed E-state index contributed by atoms with van der Waals surface area (Å²) in [7, 11) is -3.13. The molecule has 0 bridgehead atoms. The fourth-order valence-corrected chi connectivity index (χ4v) is 2.67. The Hall–Kier alpha value is -0.880. The number of likely N-dealkylation sites (N-methyl/N-ethyl adjacent to an activating group) is 1. The molecule has 0 fully saturated rings. The third-order valence-corrected chi connectivity index (χ3v) is 5.89. The van der Waals surface area contributed by atoms with Crippen LogP contribution in [-0.4, -0.2) is 41.8 Å². The molecule has 0 amide bonds. The lowest BCUT2D eigenvalue weighted by molar-refractivity contribution is 0.413. The quantitative estimate of drug-likeness (QED) is 0.819. The zero-order valence-electron chi connectivity index (χ0n) is 12.5. The van der Waals surface area contributed by atoms with Crippen LogP contribution in [0.1, 0.15) is 33.3 Å². The monoisotopic (exact) mass is 287 g/mol. The van der Waals surface area contributed by atoms with Gasteiger partial charge in [-0.1, -0.05) is 6.92 Å². The lowest BCUT2D eigenvalue weighted by Crippen LogP contribution is -2.52. The van der Waals surface area contributed by atoms with Crippen LogP contribution in [0.3, 0.4) is 0 Å². The number of hydrogen-bond donors (Lipinski definition) is 1. The number of nitrogens with one attached hydrogen (secondary N) is 1. The van der Waals surface area contributed by atoms with E-state index in [-0.39, 0.29) is 6.04 Å². The number of sulfone groups is 1. The second-order valence-electron chi connectivity index (χ2n) is 5.39. The Bertz CT molecular complexity index is 506. The lowest BCUT2D eigenvalue weighted by atomic mass is 9.97. The molecule has 0 saturated carbocycles. The van der Waals surface area contributed by atoms with E-state index in [9.17, 15) is 8.42 Å². The van der Waals surface area contributed by atoms with Gasteiger partial charge in [0.2, 0.25) is 0 Å². The SMILES string of the molecule is CCNC(Cc1cnn(CC)c1)C(C)(C)S(C)(=O)=O. The summed E-state index contributed by atoms with van der Waals surface area (Å²) in [5.41, 5.74) is 1.06. The van der Waals surface area contributed by atoms with Crippen LogP contribution in [0.4, 0.5) is 0 Å². The molecule has 1 aromatic rings. The summed E-state index contributed by atoms with van der Waals surface area (Å²) in [4.78, 5) is 0. The highest BCUT2D eigenvalue weighted by Gasteiger charge is 2.38. The standard InChI is InChI=1S/C13H25N3O2S/c1-6-14-12(13(3,4)19(5,17)18)8-11-9-15-16(7-2)10-11/h9-10,12,14H,6-8H2,1-5H3. The summed E-state index contributed by atoms with van der Waals surface area (Å²) in [6.45, 7) is 9.13. The van der Waals surface area contributed by atoms with Gasteiger partial charge >= 0.3 is 0 Å². The molecule has 1 rings (SSSR count). The molecule has 1 N–H and O–H groups in total. The van der Waals surface area contributed by atoms with Crippen molar-refractivity contribution in [2.45, 2.75) is 51.4 Å². The fraction of sp³-hybridized carbons (Fsp3) is 0.769. The van der Waals surface area contributed by atoms with Gasteiger partial charge < -0.3 is 5.32 Å². The molecule has 1 aromatic heterocycles. The highest BCUT2D eigenvalue weighted by molar-refractivity contribution is 7.92. The van der Waals surface area contributed by atoms with Gasteiger partial charge in [-0.3, -0.25) is 4.68 Å². The van der Waals surface area contributed by atoms with Crippen molar-refractivity contribution in [3.8, 4) is 0 Å². The zero-order chi connectivity index (χ0) is 14.7. The van der Waals surface area contributed by atoms with Crippen LogP contribution < -0.4 is 5.32 Å². The molecule has 1 unspecified atom stereocenters. The van der Waals surface area contributed by atoms with Gasteiger partial charge in [-0.25, -0.2) is 8.42 Å². The molecule has 0 aliphatic heterocycles. The van der Waals surface area contributed by atoms with Crippen LogP contribution >= 0.6 is 0 Å². The number of rotatable bonds is 7. The maximum Gasteiger partial charge on any atom is 0.154 e. The summed E-state index contributed by atoms with van der Waals surface area (Å²) >= 11 is 0. The Morgan fingerprint density at radius 2 is 2.05 bits per heavy atom. The Labute approximate surface area is 116 Å². The average molecular weight is 287 g/mol. The second kappa shape index (κ2) is 6.05. The van der Waals surface area contributed by atoms with E-state index >= 15 is 0 Å². The Morgan fingerprint density at radius 1 is 1.42 bits per heavy atom. The third-order valence-electron chi connectivity index (χ3n) is 3.70. The van der Waals surface area contributed by atoms with Gasteiger partial charge in [-0.05, 0) is 39.3 Å². The van der Waals surface area contributed by atoms with Gasteiger partial charge in [-0.15, -0.1) is 0 Å². The molecule has 1 atom stereocenters. The zero-order valence-corrected chi connectivity index (χ0v) is 13.3. The Kier molecular flexibility index (Phi) is 5.15. The molecule has 0 aliphatic rings. The smallest absolute Gasteiger partial charge is 0.154 e. The van der Waals surface area contributed by atoms with Crippen LogP contribution in [0, 0.1) is 0 Å². The van der Waals surface area contributed by atoms with E-state index < -0.39 is 14.6 Å². The van der Waals surface area contributed by atoms with E-state index in [2.05, 4.69) is 10.4 Å². The van der Waals surface area contributed by atoms with Crippen LogP contribution in [0.25, 0.3) is 0 Å². The molecule has 1 heterocycles. The molecule has 110 valence electrons. The molecule has 5 nitrogen and oxygen atoms in total. The maximum atomic E-state index is 12.0. The molecule has 0 radical (unpaired) electrons. The van der Waals surface area contributed by atoms with Crippen LogP contribution in [0.2, 0.25) is 0 Å². The normalized spacial score (nSPS) is 14.6. The molecule has 6 heteroatoms. The van der Waals surface area contributed by atoms with Crippen LogP contribution in [0.5, 0.6) is 0 Å². The fourth-order valence-electron chi connectivity index (χ4n) is 1.99. The number of aryl methyl sites for hydroxylation is 1. The maximum absolute atomic E-state index is 12.0. The third kappa shape index (κ3) is 3.79. The van der Waals surface area contributed by atoms with Crippen molar-refractivity contribution in [2.75, 3.05) is 12.8 Å². The molecule has 0 aromatic carbocycles. The molecule has 0 saturated heterocycles. The van der Waals surface area contributed by atoms with Crippen molar-refractivity contribution in [3.05, 3.63) is 18.0 Å². The minimum absolute atomic E-state index is 0.123. The first-order valence-electron chi connectivity index (χ1n) is 6.66. The van der Waals surface area contributed by atoms with Crippen molar-refractivity contribution in [1.29, 1.82) is 0 Å². The van der Waals surface area contributed by atoms with E-state index in [1.165, 1.54) is 6.26 Å². The lowest BCUT2D eigenvalue weighted by Gasteiger charge is -2.33. The van der Waals surface area contributed by atoms with Gasteiger partial charge in [0.15, 0.2) is 9.84 Å². The number of aromatic nitrogens is 2. The summed E-state index contributed by atoms with van der Waals surface area (Å²) < 4.78 is 25.0. The Morgan fingerprint density at radius 3 is 2.47 bits per heavy atom. The minimum atomic E-state index is -3.13. The summed E-state index contributed by atoms with van der Waals surface area (Å²) in [5, 5.41) is 7.52. The van der Waals surface area contributed by atoms with Gasteiger partial charge in [0.25, 0.3) is 0 Å². The van der Waals surface area contributed by atoms with Crippen molar-refractivity contribution in [1.82, 2.24) is 15.1 Å². The minimum Gasteiger partial charge on any atom is -0.312 e. The highest BCUT2D eigenvalue weighted by atomic mass is 32.2. The van der Waals surface area contributed by atoms with Gasteiger partial charge in [0.05, 0.1) is 10.9 Å². The van der Waals surface area contributed by atoms with Gasteiger partial charge in [0, 0.05) is 25.0 Å².